The maximum absolute atomic E-state index is 5.99. The fourth-order valence-electron chi connectivity index (χ4n) is 3.11. The van der Waals surface area contributed by atoms with Gasteiger partial charge in [0, 0.05) is 0 Å². The van der Waals surface area contributed by atoms with Crippen molar-refractivity contribution in [3.8, 4) is 11.5 Å². The van der Waals surface area contributed by atoms with Crippen molar-refractivity contribution in [3.05, 3.63) is 48.0 Å². The summed E-state index contributed by atoms with van der Waals surface area (Å²) in [6.45, 7) is 0. The van der Waals surface area contributed by atoms with Gasteiger partial charge in [-0.1, -0.05) is 18.2 Å². The van der Waals surface area contributed by atoms with Crippen LogP contribution in [0.1, 0.15) is 11.7 Å². The lowest BCUT2D eigenvalue weighted by molar-refractivity contribution is -0.674. The maximum Gasteiger partial charge on any atom is 0.365 e. The standard InChI is InChI=1S/C17H17N5O2/c1-23-13-9-5-6-10(14(13)24-2)15-20-16(18)21-17-19-11-7-3-4-8-12(11)22(15)17/h3-9,15H,1-2H3,(H3,18,19,20,21)/p+1/t15-/m0/s1. The quantitative estimate of drug-likeness (QED) is 0.641. The maximum atomic E-state index is 5.99. The second kappa shape index (κ2) is 5.45. The number of nitrogens with two attached hydrogens (primary N) is 1. The summed E-state index contributed by atoms with van der Waals surface area (Å²) in [5.74, 6) is 2.42. The van der Waals surface area contributed by atoms with Gasteiger partial charge in [0.1, 0.15) is 11.0 Å². The van der Waals surface area contributed by atoms with Crippen molar-refractivity contribution in [2.24, 2.45) is 10.7 Å². The second-order valence-corrected chi connectivity index (χ2v) is 5.46. The van der Waals surface area contributed by atoms with E-state index in [-0.39, 0.29) is 6.17 Å². The van der Waals surface area contributed by atoms with E-state index < -0.39 is 0 Å². The monoisotopic (exact) mass is 324 g/mol. The first-order valence-corrected chi connectivity index (χ1v) is 7.56. The molecule has 3 aromatic rings. The Bertz CT molecular complexity index is 947. The highest BCUT2D eigenvalue weighted by atomic mass is 16.5. The Balaban J connectivity index is 1.98. The normalized spacial score (nSPS) is 16.2. The minimum Gasteiger partial charge on any atom is -0.493 e. The molecule has 1 aliphatic rings. The molecule has 0 saturated heterocycles. The fraction of sp³-hybridized carbons (Fsp3) is 0.176. The topological polar surface area (TPSA) is 88.5 Å². The summed E-state index contributed by atoms with van der Waals surface area (Å²) < 4.78 is 13.1. The number of H-pyrrole nitrogens is 1. The molecule has 2 aromatic carbocycles. The number of anilines is 1. The number of nitrogens with one attached hydrogen (secondary N) is 2. The number of nitrogens with zero attached hydrogens (tertiary/aromatic N) is 2. The van der Waals surface area contributed by atoms with Crippen LogP contribution in [0.2, 0.25) is 0 Å². The van der Waals surface area contributed by atoms with Crippen LogP contribution in [0, 0.1) is 0 Å². The van der Waals surface area contributed by atoms with Crippen LogP contribution in [0.3, 0.4) is 0 Å². The van der Waals surface area contributed by atoms with Crippen LogP contribution >= 0.6 is 0 Å². The number of hydrogen-bond acceptors (Lipinski definition) is 5. The average Bonchev–Trinajstić information content (AvgIpc) is 2.98. The first-order valence-electron chi connectivity index (χ1n) is 7.56. The van der Waals surface area contributed by atoms with Gasteiger partial charge in [0.2, 0.25) is 6.17 Å². The van der Waals surface area contributed by atoms with E-state index in [2.05, 4.69) is 19.9 Å². The largest absolute Gasteiger partial charge is 0.493 e. The molecule has 0 spiro atoms. The average molecular weight is 324 g/mol. The number of aromatic nitrogens is 2. The Hall–Kier alpha value is -3.22. The van der Waals surface area contributed by atoms with Crippen LogP contribution < -0.4 is 25.1 Å². The van der Waals surface area contributed by atoms with Crippen LogP contribution in [0.15, 0.2) is 47.5 Å². The van der Waals surface area contributed by atoms with Crippen LogP contribution in [0.5, 0.6) is 11.5 Å². The lowest BCUT2D eigenvalue weighted by atomic mass is 10.1. The van der Waals surface area contributed by atoms with Gasteiger partial charge in [0.05, 0.1) is 19.8 Å². The molecule has 24 heavy (non-hydrogen) atoms. The lowest BCUT2D eigenvalue weighted by Crippen LogP contribution is -2.48. The van der Waals surface area contributed by atoms with Crippen molar-refractivity contribution in [1.82, 2.24) is 4.98 Å². The molecule has 122 valence electrons. The van der Waals surface area contributed by atoms with Crippen molar-refractivity contribution in [3.63, 3.8) is 0 Å². The predicted octanol–water partition coefficient (Wildman–Crippen LogP) is 1.76. The molecule has 0 amide bonds. The van der Waals surface area contributed by atoms with E-state index in [1.807, 2.05) is 42.5 Å². The number of rotatable bonds is 3. The van der Waals surface area contributed by atoms with Gasteiger partial charge in [-0.25, -0.2) is 14.9 Å². The minimum atomic E-state index is -0.359. The summed E-state index contributed by atoms with van der Waals surface area (Å²) in [4.78, 5) is 7.92. The SMILES string of the molecule is COc1cccc([C@H]2N=C(N)Nc3[nH]c4ccccc4[n+]32)c1OC. The Morgan fingerprint density at radius 3 is 2.71 bits per heavy atom. The smallest absolute Gasteiger partial charge is 0.365 e. The Morgan fingerprint density at radius 1 is 1.08 bits per heavy atom. The summed E-state index contributed by atoms with van der Waals surface area (Å²) in [5.41, 5.74) is 8.88. The number of aromatic amines is 1. The molecule has 4 rings (SSSR count). The van der Waals surface area contributed by atoms with Gasteiger partial charge in [0.15, 0.2) is 11.5 Å². The van der Waals surface area contributed by atoms with Crippen molar-refractivity contribution >= 4 is 22.9 Å². The predicted molar refractivity (Wildman–Crippen MR) is 91.4 cm³/mol. The molecule has 2 heterocycles. The molecule has 4 N–H and O–H groups in total. The summed E-state index contributed by atoms with van der Waals surface area (Å²) in [5, 5.41) is 3.08. The first kappa shape index (κ1) is 14.4. The number of imidazole rings is 1. The number of para-hydroxylation sites is 3. The minimum absolute atomic E-state index is 0.344. The number of benzene rings is 2. The number of methoxy groups -OCH3 is 2. The number of aliphatic imine (C=N–C) groups is 1. The van der Waals surface area contributed by atoms with Crippen molar-refractivity contribution in [1.29, 1.82) is 0 Å². The summed E-state index contributed by atoms with van der Waals surface area (Å²) in [7, 11) is 3.24. The second-order valence-electron chi connectivity index (χ2n) is 5.46. The molecular formula is C17H18N5O2+. The van der Waals surface area contributed by atoms with E-state index in [0.717, 1.165) is 22.5 Å². The molecule has 0 saturated carbocycles. The van der Waals surface area contributed by atoms with E-state index in [1.165, 1.54) is 0 Å². The molecule has 0 unspecified atom stereocenters. The molecule has 1 aromatic heterocycles. The third kappa shape index (κ3) is 2.05. The van der Waals surface area contributed by atoms with Crippen molar-refractivity contribution in [2.45, 2.75) is 6.17 Å². The van der Waals surface area contributed by atoms with Gasteiger partial charge in [-0.3, -0.25) is 0 Å². The number of guanidine groups is 1. The van der Waals surface area contributed by atoms with Gasteiger partial charge in [-0.2, -0.15) is 4.99 Å². The van der Waals surface area contributed by atoms with Gasteiger partial charge in [0.25, 0.3) is 5.96 Å². The number of hydrogen-bond donors (Lipinski definition) is 3. The van der Waals surface area contributed by atoms with Crippen LogP contribution in [0.4, 0.5) is 5.95 Å². The van der Waals surface area contributed by atoms with Crippen LogP contribution in [0.25, 0.3) is 11.0 Å². The molecule has 1 aliphatic heterocycles. The Labute approximate surface area is 138 Å². The van der Waals surface area contributed by atoms with Crippen molar-refractivity contribution < 1.29 is 14.0 Å². The molecule has 0 aliphatic carbocycles. The molecule has 1 atom stereocenters. The highest BCUT2D eigenvalue weighted by molar-refractivity contribution is 5.92. The van der Waals surface area contributed by atoms with E-state index in [1.54, 1.807) is 14.2 Å². The zero-order chi connectivity index (χ0) is 16.7. The third-order valence-corrected chi connectivity index (χ3v) is 4.12. The van der Waals surface area contributed by atoms with Gasteiger partial charge in [-0.15, -0.1) is 0 Å². The summed E-state index contributed by atoms with van der Waals surface area (Å²) in [6, 6.07) is 13.8. The van der Waals surface area contributed by atoms with Crippen molar-refractivity contribution in [2.75, 3.05) is 19.5 Å². The number of fused-ring (bicyclic) bond motifs is 3. The Kier molecular flexibility index (Phi) is 3.26. The van der Waals surface area contributed by atoms with E-state index in [0.29, 0.717) is 17.5 Å². The zero-order valence-electron chi connectivity index (χ0n) is 13.4. The number of ether oxygens (including phenoxy) is 2. The third-order valence-electron chi connectivity index (χ3n) is 4.12. The van der Waals surface area contributed by atoms with Gasteiger partial charge in [-0.05, 0) is 24.3 Å². The zero-order valence-corrected chi connectivity index (χ0v) is 13.4. The van der Waals surface area contributed by atoms with E-state index in [4.69, 9.17) is 15.2 Å². The highest BCUT2D eigenvalue weighted by Crippen LogP contribution is 2.36. The molecule has 0 fully saturated rings. The molecule has 0 bridgehead atoms. The molecule has 7 nitrogen and oxygen atoms in total. The molecule has 7 heteroatoms. The van der Waals surface area contributed by atoms with Gasteiger partial charge >= 0.3 is 5.95 Å². The summed E-state index contributed by atoms with van der Waals surface area (Å²) in [6.07, 6.45) is -0.359. The lowest BCUT2D eigenvalue weighted by Gasteiger charge is -2.21. The highest BCUT2D eigenvalue weighted by Gasteiger charge is 2.33. The molecule has 0 radical (unpaired) electrons. The van der Waals surface area contributed by atoms with Crippen LogP contribution in [-0.2, 0) is 0 Å². The first-order chi connectivity index (χ1) is 11.7. The fourth-order valence-corrected chi connectivity index (χ4v) is 3.11. The van der Waals surface area contributed by atoms with Gasteiger partial charge < -0.3 is 15.2 Å². The van der Waals surface area contributed by atoms with Crippen LogP contribution in [-0.4, -0.2) is 25.2 Å². The van der Waals surface area contributed by atoms with E-state index >= 15 is 0 Å². The summed E-state index contributed by atoms with van der Waals surface area (Å²) >= 11 is 0. The molecular weight excluding hydrogens is 306 g/mol. The van der Waals surface area contributed by atoms with E-state index in [9.17, 15) is 0 Å². The Morgan fingerprint density at radius 2 is 1.92 bits per heavy atom.